The van der Waals surface area contributed by atoms with Crippen LogP contribution in [0.3, 0.4) is 0 Å². The van der Waals surface area contributed by atoms with Crippen molar-refractivity contribution in [2.24, 2.45) is 7.05 Å². The van der Waals surface area contributed by atoms with Gasteiger partial charge in [-0.25, -0.2) is 13.1 Å². The molecular formula is C12H20N4O2S. The van der Waals surface area contributed by atoms with Crippen molar-refractivity contribution in [2.75, 3.05) is 19.6 Å². The molecule has 106 valence electrons. The highest BCUT2D eigenvalue weighted by molar-refractivity contribution is 7.89. The van der Waals surface area contributed by atoms with Gasteiger partial charge in [-0.3, -0.25) is 4.68 Å². The van der Waals surface area contributed by atoms with E-state index in [2.05, 4.69) is 15.1 Å². The van der Waals surface area contributed by atoms with Crippen LogP contribution in [0.15, 0.2) is 16.5 Å². The monoisotopic (exact) mass is 284 g/mol. The number of sulfonamides is 1. The van der Waals surface area contributed by atoms with E-state index in [4.69, 9.17) is 0 Å². The summed E-state index contributed by atoms with van der Waals surface area (Å²) in [6, 6.07) is 0. The summed E-state index contributed by atoms with van der Waals surface area (Å²) in [5, 5.41) is 7.34. The van der Waals surface area contributed by atoms with Crippen molar-refractivity contribution in [3.05, 3.63) is 23.0 Å². The van der Waals surface area contributed by atoms with Gasteiger partial charge >= 0.3 is 0 Å². The van der Waals surface area contributed by atoms with Crippen molar-refractivity contribution in [1.29, 1.82) is 0 Å². The van der Waals surface area contributed by atoms with Gasteiger partial charge in [-0.2, -0.15) is 5.10 Å². The Morgan fingerprint density at radius 1 is 1.47 bits per heavy atom. The minimum Gasteiger partial charge on any atom is -0.313 e. The zero-order valence-electron chi connectivity index (χ0n) is 11.5. The number of nitrogens with zero attached hydrogens (tertiary/aromatic N) is 2. The van der Waals surface area contributed by atoms with Gasteiger partial charge in [-0.05, 0) is 26.8 Å². The Kier molecular flexibility index (Phi) is 4.07. The summed E-state index contributed by atoms with van der Waals surface area (Å²) < 4.78 is 28.9. The highest BCUT2D eigenvalue weighted by Crippen LogP contribution is 2.18. The molecule has 2 rings (SSSR count). The van der Waals surface area contributed by atoms with Crippen molar-refractivity contribution < 1.29 is 8.42 Å². The molecule has 0 atom stereocenters. The van der Waals surface area contributed by atoms with Gasteiger partial charge in [0.05, 0.1) is 11.4 Å². The first-order chi connectivity index (χ1) is 8.92. The molecule has 7 heteroatoms. The number of hydrogen-bond donors (Lipinski definition) is 2. The lowest BCUT2D eigenvalue weighted by atomic mass is 10.1. The number of aryl methyl sites for hydroxylation is 2. The van der Waals surface area contributed by atoms with E-state index in [0.717, 1.165) is 25.1 Å². The first kappa shape index (κ1) is 14.2. The SMILES string of the molecule is Cc1nn(C)c(C)c1S(=O)(=O)NCC1=CCNCC1. The second-order valence-electron chi connectivity index (χ2n) is 4.76. The Balaban J connectivity index is 2.16. The lowest BCUT2D eigenvalue weighted by Gasteiger charge is -2.14. The molecule has 1 aliphatic heterocycles. The van der Waals surface area contributed by atoms with Crippen LogP contribution in [0.2, 0.25) is 0 Å². The molecule has 1 aromatic heterocycles. The van der Waals surface area contributed by atoms with Crippen LogP contribution < -0.4 is 10.0 Å². The molecule has 0 unspecified atom stereocenters. The van der Waals surface area contributed by atoms with Crippen LogP contribution in [0.1, 0.15) is 17.8 Å². The maximum absolute atomic E-state index is 12.3. The van der Waals surface area contributed by atoms with Gasteiger partial charge in [-0.15, -0.1) is 0 Å². The van der Waals surface area contributed by atoms with E-state index >= 15 is 0 Å². The van der Waals surface area contributed by atoms with Crippen LogP contribution in [-0.2, 0) is 17.1 Å². The molecule has 1 aromatic rings. The molecule has 0 aliphatic carbocycles. The number of nitrogens with one attached hydrogen (secondary N) is 2. The second-order valence-corrected chi connectivity index (χ2v) is 6.47. The largest absolute Gasteiger partial charge is 0.313 e. The third-order valence-electron chi connectivity index (χ3n) is 3.36. The van der Waals surface area contributed by atoms with Crippen LogP contribution in [-0.4, -0.2) is 37.8 Å². The van der Waals surface area contributed by atoms with Crippen LogP contribution in [0, 0.1) is 13.8 Å². The van der Waals surface area contributed by atoms with Gasteiger partial charge in [0.2, 0.25) is 10.0 Å². The summed E-state index contributed by atoms with van der Waals surface area (Å²) in [5.41, 5.74) is 2.32. The van der Waals surface area contributed by atoms with E-state index in [9.17, 15) is 8.42 Å². The summed E-state index contributed by atoms with van der Waals surface area (Å²) in [5.74, 6) is 0. The number of hydrogen-bond acceptors (Lipinski definition) is 4. The Bertz CT molecular complexity index is 601. The van der Waals surface area contributed by atoms with Crippen LogP contribution in [0.25, 0.3) is 0 Å². The van der Waals surface area contributed by atoms with E-state index < -0.39 is 10.0 Å². The molecule has 2 N–H and O–H groups in total. The summed E-state index contributed by atoms with van der Waals surface area (Å²) in [6.45, 7) is 5.56. The Labute approximate surface area is 113 Å². The Morgan fingerprint density at radius 2 is 2.21 bits per heavy atom. The van der Waals surface area contributed by atoms with Gasteiger partial charge in [0.1, 0.15) is 4.90 Å². The zero-order valence-corrected chi connectivity index (χ0v) is 12.3. The van der Waals surface area contributed by atoms with Gasteiger partial charge in [0, 0.05) is 20.1 Å². The highest BCUT2D eigenvalue weighted by atomic mass is 32.2. The first-order valence-corrected chi connectivity index (χ1v) is 7.78. The predicted molar refractivity (Wildman–Crippen MR) is 73.4 cm³/mol. The molecule has 0 fully saturated rings. The van der Waals surface area contributed by atoms with Crippen molar-refractivity contribution in [3.8, 4) is 0 Å². The maximum Gasteiger partial charge on any atom is 0.244 e. The molecular weight excluding hydrogens is 264 g/mol. The average molecular weight is 284 g/mol. The van der Waals surface area contributed by atoms with Crippen molar-refractivity contribution in [1.82, 2.24) is 19.8 Å². The second kappa shape index (κ2) is 5.44. The first-order valence-electron chi connectivity index (χ1n) is 6.30. The molecule has 1 aliphatic rings. The summed E-state index contributed by atoms with van der Waals surface area (Å²) >= 11 is 0. The summed E-state index contributed by atoms with van der Waals surface area (Å²) in [7, 11) is -1.75. The normalized spacial score (nSPS) is 16.5. The standard InChI is InChI=1S/C12H20N4O2S/c1-9-12(10(2)16(3)15-9)19(17,18)14-8-11-4-6-13-7-5-11/h4,13-14H,5-8H2,1-3H3. The van der Waals surface area contributed by atoms with Gasteiger partial charge in [0.25, 0.3) is 0 Å². The Morgan fingerprint density at radius 3 is 2.74 bits per heavy atom. The highest BCUT2D eigenvalue weighted by Gasteiger charge is 2.23. The van der Waals surface area contributed by atoms with Crippen LogP contribution in [0.5, 0.6) is 0 Å². The molecule has 19 heavy (non-hydrogen) atoms. The van der Waals surface area contributed by atoms with Crippen molar-refractivity contribution >= 4 is 10.0 Å². The smallest absolute Gasteiger partial charge is 0.244 e. The molecule has 0 radical (unpaired) electrons. The van der Waals surface area contributed by atoms with E-state index in [1.165, 1.54) is 0 Å². The lowest BCUT2D eigenvalue weighted by molar-refractivity contribution is 0.580. The van der Waals surface area contributed by atoms with E-state index in [1.807, 2.05) is 6.08 Å². The third-order valence-corrected chi connectivity index (χ3v) is 5.01. The minimum atomic E-state index is -3.49. The fourth-order valence-corrected chi connectivity index (χ4v) is 3.70. The quantitative estimate of drug-likeness (QED) is 0.776. The topological polar surface area (TPSA) is 76.0 Å². The Hall–Kier alpha value is -1.18. The van der Waals surface area contributed by atoms with Gasteiger partial charge < -0.3 is 5.32 Å². The summed E-state index contributed by atoms with van der Waals surface area (Å²) in [4.78, 5) is 0.296. The number of aromatic nitrogens is 2. The fourth-order valence-electron chi connectivity index (χ4n) is 2.23. The van der Waals surface area contributed by atoms with Gasteiger partial charge in [-0.1, -0.05) is 11.6 Å². The maximum atomic E-state index is 12.3. The van der Waals surface area contributed by atoms with E-state index in [-0.39, 0.29) is 0 Å². The van der Waals surface area contributed by atoms with Crippen molar-refractivity contribution in [3.63, 3.8) is 0 Å². The molecule has 6 nitrogen and oxygen atoms in total. The molecule has 0 bridgehead atoms. The summed E-state index contributed by atoms with van der Waals surface area (Å²) in [6.07, 6.45) is 2.92. The lowest BCUT2D eigenvalue weighted by Crippen LogP contribution is -2.30. The third kappa shape index (κ3) is 3.05. The average Bonchev–Trinajstić information content (AvgIpc) is 2.63. The van der Waals surface area contributed by atoms with E-state index in [0.29, 0.717) is 22.8 Å². The van der Waals surface area contributed by atoms with Crippen molar-refractivity contribution in [2.45, 2.75) is 25.2 Å². The molecule has 0 saturated carbocycles. The fraction of sp³-hybridized carbons (Fsp3) is 0.583. The molecule has 0 spiro atoms. The van der Waals surface area contributed by atoms with Crippen LogP contribution >= 0.6 is 0 Å². The molecule has 2 heterocycles. The molecule has 0 saturated heterocycles. The molecule has 0 amide bonds. The molecule has 0 aromatic carbocycles. The van der Waals surface area contributed by atoms with Crippen LogP contribution in [0.4, 0.5) is 0 Å². The predicted octanol–water partition coefficient (Wildman–Crippen LogP) is 0.235. The van der Waals surface area contributed by atoms with Gasteiger partial charge in [0.15, 0.2) is 0 Å². The number of rotatable bonds is 4. The minimum absolute atomic E-state index is 0.296. The zero-order chi connectivity index (χ0) is 14.0. The van der Waals surface area contributed by atoms with E-state index in [1.54, 1.807) is 25.6 Å².